The van der Waals surface area contributed by atoms with Gasteiger partial charge in [-0.05, 0) is 96.3 Å². The van der Waals surface area contributed by atoms with Crippen LogP contribution in [-0.4, -0.2) is 193 Å². The summed E-state index contributed by atoms with van der Waals surface area (Å²) < 4.78 is 34.2. The smallest absolute Gasteiger partial charge is 0.220 e. The van der Waals surface area contributed by atoms with Crippen LogP contribution in [0.2, 0.25) is 0 Å². The van der Waals surface area contributed by atoms with E-state index in [2.05, 4.69) is 129 Å². The molecule has 17 unspecified atom stereocenters. The van der Waals surface area contributed by atoms with Crippen LogP contribution in [0.25, 0.3) is 0 Å². The molecule has 0 spiro atoms. The Morgan fingerprint density at radius 3 is 1.30 bits per heavy atom. The van der Waals surface area contributed by atoms with E-state index >= 15 is 0 Å². The second-order valence-electron chi connectivity index (χ2n) is 22.1. The lowest BCUT2D eigenvalue weighted by atomic mass is 9.96. The van der Waals surface area contributed by atoms with Gasteiger partial charge in [0.25, 0.3) is 0 Å². The second-order valence-corrected chi connectivity index (χ2v) is 22.1. The third-order valence-electron chi connectivity index (χ3n) is 15.0. The average molecular weight is 1220 g/mol. The Bertz CT molecular complexity index is 2030. The van der Waals surface area contributed by atoms with Crippen LogP contribution in [0.3, 0.4) is 0 Å². The van der Waals surface area contributed by atoms with Crippen LogP contribution in [0.4, 0.5) is 0 Å². The largest absolute Gasteiger partial charge is 0.394 e. The zero-order valence-electron chi connectivity index (χ0n) is 51.2. The van der Waals surface area contributed by atoms with Crippen molar-refractivity contribution in [3.05, 3.63) is 122 Å². The predicted octanol–water partition coefficient (Wildman–Crippen LogP) is 6.87. The van der Waals surface area contributed by atoms with Crippen molar-refractivity contribution in [3.8, 4) is 0 Å². The molecular formula is C67H109NO18. The average Bonchev–Trinajstić information content (AvgIpc) is 1.89. The van der Waals surface area contributed by atoms with Crippen LogP contribution in [0, 0.1) is 0 Å². The first kappa shape index (κ1) is 76.4. The lowest BCUT2D eigenvalue weighted by Gasteiger charge is -2.48. The number of hydrogen-bond donors (Lipinski definition) is 12. The van der Waals surface area contributed by atoms with Gasteiger partial charge in [0.15, 0.2) is 18.9 Å². The van der Waals surface area contributed by atoms with E-state index in [9.17, 15) is 61.0 Å². The van der Waals surface area contributed by atoms with Gasteiger partial charge >= 0.3 is 0 Å². The number of aliphatic hydroxyl groups is 11. The summed E-state index contributed by atoms with van der Waals surface area (Å²) in [5.74, 6) is -0.310. The number of carbonyl (C=O) groups is 1. The number of ether oxygens (including phenoxy) is 6. The molecule has 86 heavy (non-hydrogen) atoms. The fraction of sp³-hybridized carbons (Fsp3) is 0.687. The number of allylic oxidation sites excluding steroid dienone is 19. The summed E-state index contributed by atoms with van der Waals surface area (Å²) in [6.07, 6.45) is 37.7. The second kappa shape index (κ2) is 48.1. The summed E-state index contributed by atoms with van der Waals surface area (Å²) in [4.78, 5) is 13.3. The predicted molar refractivity (Wildman–Crippen MR) is 332 cm³/mol. The molecule has 0 aromatic rings. The van der Waals surface area contributed by atoms with E-state index in [-0.39, 0.29) is 18.9 Å². The van der Waals surface area contributed by atoms with Crippen molar-refractivity contribution in [1.82, 2.24) is 5.32 Å². The monoisotopic (exact) mass is 1220 g/mol. The summed E-state index contributed by atoms with van der Waals surface area (Å²) >= 11 is 0. The summed E-state index contributed by atoms with van der Waals surface area (Å²) in [6.45, 7) is 1.50. The fourth-order valence-corrected chi connectivity index (χ4v) is 9.81. The number of hydrogen-bond acceptors (Lipinski definition) is 18. The SMILES string of the molecule is CC/C=C\C/C=C\C/C=C\C/C=C\C/C=C\C/C=C\C/C=C\C/C=C\CCCCCCCCC(=O)NC(COC1OC(CO)C(OC2OC(CO)C(OC3OC(CO)C(O)C(O)C3O)C(O)C2O)C(O)C1O)C(O)/C=C/CC/C=C/CCCCCC. The summed E-state index contributed by atoms with van der Waals surface area (Å²) in [6, 6.07) is -1.01. The molecule has 17 atom stereocenters. The van der Waals surface area contributed by atoms with Crippen molar-refractivity contribution < 1.29 is 89.4 Å². The third-order valence-corrected chi connectivity index (χ3v) is 15.0. The van der Waals surface area contributed by atoms with E-state index in [0.717, 1.165) is 109 Å². The van der Waals surface area contributed by atoms with Gasteiger partial charge in [0.1, 0.15) is 73.2 Å². The molecule has 3 rings (SSSR count). The quantitative estimate of drug-likeness (QED) is 0.0219. The lowest BCUT2D eigenvalue weighted by molar-refractivity contribution is -0.379. The van der Waals surface area contributed by atoms with E-state index < -0.39 is 124 Å². The number of aliphatic hydroxyl groups excluding tert-OH is 11. The maximum atomic E-state index is 13.3. The Morgan fingerprint density at radius 2 is 0.814 bits per heavy atom. The van der Waals surface area contributed by atoms with Crippen molar-refractivity contribution >= 4 is 5.91 Å². The molecule has 0 radical (unpaired) electrons. The number of unbranched alkanes of at least 4 members (excludes halogenated alkanes) is 11. The minimum atomic E-state index is -1.99. The summed E-state index contributed by atoms with van der Waals surface area (Å²) in [5, 5.41) is 120. The van der Waals surface area contributed by atoms with E-state index in [1.165, 1.54) is 19.3 Å². The molecule has 490 valence electrons. The number of rotatable bonds is 45. The van der Waals surface area contributed by atoms with Crippen molar-refractivity contribution in [3.63, 3.8) is 0 Å². The van der Waals surface area contributed by atoms with Crippen LogP contribution >= 0.6 is 0 Å². The Labute approximate surface area is 512 Å². The fourth-order valence-electron chi connectivity index (χ4n) is 9.81. The van der Waals surface area contributed by atoms with E-state index in [1.807, 2.05) is 6.08 Å². The van der Waals surface area contributed by atoms with E-state index in [1.54, 1.807) is 6.08 Å². The highest BCUT2D eigenvalue weighted by Gasteiger charge is 2.53. The Balaban J connectivity index is 1.41. The molecule has 3 aliphatic heterocycles. The molecule has 1 amide bonds. The molecule has 3 fully saturated rings. The molecule has 0 bridgehead atoms. The van der Waals surface area contributed by atoms with Crippen LogP contribution in [-0.2, 0) is 33.2 Å². The van der Waals surface area contributed by atoms with Crippen molar-refractivity contribution in [1.29, 1.82) is 0 Å². The molecule has 0 aromatic carbocycles. The molecule has 19 nitrogen and oxygen atoms in total. The normalized spacial score (nSPS) is 29.6. The van der Waals surface area contributed by atoms with Gasteiger partial charge in [-0.1, -0.05) is 180 Å². The highest BCUT2D eigenvalue weighted by molar-refractivity contribution is 5.76. The first-order valence-electron chi connectivity index (χ1n) is 31.8. The molecule has 3 saturated heterocycles. The van der Waals surface area contributed by atoms with Crippen LogP contribution in [0.1, 0.15) is 162 Å². The van der Waals surface area contributed by atoms with Gasteiger partial charge in [-0.15, -0.1) is 0 Å². The highest BCUT2D eigenvalue weighted by atomic mass is 16.8. The molecule has 0 aromatic heterocycles. The van der Waals surface area contributed by atoms with Gasteiger partial charge in [-0.25, -0.2) is 0 Å². The zero-order chi connectivity index (χ0) is 62.6. The molecule has 3 heterocycles. The minimum absolute atomic E-state index is 0.209. The van der Waals surface area contributed by atoms with Gasteiger partial charge < -0.3 is 89.9 Å². The number of amides is 1. The zero-order valence-corrected chi connectivity index (χ0v) is 51.2. The van der Waals surface area contributed by atoms with E-state index in [4.69, 9.17) is 28.4 Å². The topological polar surface area (TPSA) is 307 Å². The molecule has 0 saturated carbocycles. The molecular weight excluding hydrogens is 1110 g/mol. The van der Waals surface area contributed by atoms with Crippen LogP contribution in [0.15, 0.2) is 122 Å². The highest BCUT2D eigenvalue weighted by Crippen LogP contribution is 2.33. The van der Waals surface area contributed by atoms with Crippen LogP contribution < -0.4 is 5.32 Å². The number of nitrogens with one attached hydrogen (secondary N) is 1. The van der Waals surface area contributed by atoms with Gasteiger partial charge in [0, 0.05) is 6.42 Å². The first-order valence-corrected chi connectivity index (χ1v) is 31.8. The summed E-state index contributed by atoms with van der Waals surface area (Å²) in [7, 11) is 0. The molecule has 19 heteroatoms. The van der Waals surface area contributed by atoms with Gasteiger partial charge in [-0.2, -0.15) is 0 Å². The van der Waals surface area contributed by atoms with Crippen molar-refractivity contribution in [2.24, 2.45) is 0 Å². The van der Waals surface area contributed by atoms with Gasteiger partial charge in [0.05, 0.1) is 38.6 Å². The van der Waals surface area contributed by atoms with Gasteiger partial charge in [0.2, 0.25) is 5.91 Å². The van der Waals surface area contributed by atoms with E-state index in [0.29, 0.717) is 12.8 Å². The third kappa shape index (κ3) is 30.6. The number of carbonyl (C=O) groups excluding carboxylic acids is 1. The maximum Gasteiger partial charge on any atom is 0.220 e. The first-order chi connectivity index (χ1) is 41.8. The Kier molecular flexibility index (Phi) is 42.7. The van der Waals surface area contributed by atoms with Crippen LogP contribution in [0.5, 0.6) is 0 Å². The molecule has 0 aliphatic carbocycles. The van der Waals surface area contributed by atoms with Crippen molar-refractivity contribution in [2.45, 2.75) is 266 Å². The molecule has 12 N–H and O–H groups in total. The summed E-state index contributed by atoms with van der Waals surface area (Å²) in [5.41, 5.74) is 0. The Morgan fingerprint density at radius 1 is 0.430 bits per heavy atom. The Hall–Kier alpha value is -3.81. The lowest BCUT2D eigenvalue weighted by Crippen LogP contribution is -2.66. The van der Waals surface area contributed by atoms with Crippen molar-refractivity contribution in [2.75, 3.05) is 26.4 Å². The minimum Gasteiger partial charge on any atom is -0.394 e. The molecule has 3 aliphatic rings. The standard InChI is InChI=1S/C67H109NO18/c1-3-5-7-9-11-13-15-16-17-18-19-20-21-22-23-24-25-26-27-28-29-30-31-32-33-34-35-37-39-41-43-45-55(73)68-50(51(72)44-42-40-38-36-14-12-10-8-6-4-2)49-81-65-61(79)58(76)63(53(47-70)83-65)86-67-62(80)59(77)64(54(48-71)84-67)85-66-60(78)57(75)56(74)52(46-69)82-66/h5,7,11,13-14,16-17,19-20,22-23,25-26,28-29,31-32,36,42,44,50-54,56-67,69-72,74-80H,3-4,6,8-10,12,15,18,21,24,27,30,33-35,37-41,43,45-49H2,1-2H3,(H,68,73)/b7-5-,13-11-,17-16-,20-19-,23-22-,26-25-,29-28-,32-31-,36-14+,44-42+. The maximum absolute atomic E-state index is 13.3. The van der Waals surface area contributed by atoms with Gasteiger partial charge in [-0.3, -0.25) is 4.79 Å².